The molecule has 3 aromatic rings. The molecule has 7 nitrogen and oxygen atoms in total. The Labute approximate surface area is 198 Å². The Kier molecular flexibility index (Phi) is 6.83. The van der Waals surface area contributed by atoms with Gasteiger partial charge in [-0.15, -0.1) is 11.3 Å². The third-order valence-electron chi connectivity index (χ3n) is 5.78. The van der Waals surface area contributed by atoms with Gasteiger partial charge in [0.2, 0.25) is 15.9 Å². The number of methoxy groups -OCH3 is 1. The molecule has 1 saturated heterocycles. The van der Waals surface area contributed by atoms with Gasteiger partial charge in [0.05, 0.1) is 17.7 Å². The molecule has 2 heterocycles. The van der Waals surface area contributed by atoms with Crippen LogP contribution >= 0.6 is 11.3 Å². The Morgan fingerprint density at radius 1 is 1.15 bits per heavy atom. The molecule has 33 heavy (non-hydrogen) atoms. The molecule has 0 spiro atoms. The third kappa shape index (κ3) is 4.95. The van der Waals surface area contributed by atoms with E-state index in [0.717, 1.165) is 11.3 Å². The first-order valence-electron chi connectivity index (χ1n) is 10.8. The number of nitrogens with zero attached hydrogens (tertiary/aromatic N) is 2. The van der Waals surface area contributed by atoms with Crippen molar-refractivity contribution in [2.24, 2.45) is 0 Å². The maximum atomic E-state index is 13.2. The molecule has 2 aromatic carbocycles. The van der Waals surface area contributed by atoms with Gasteiger partial charge in [-0.2, -0.15) is 4.31 Å². The van der Waals surface area contributed by atoms with Crippen molar-refractivity contribution in [2.45, 2.75) is 43.5 Å². The maximum Gasteiger partial charge on any atom is 0.244 e. The summed E-state index contributed by atoms with van der Waals surface area (Å²) in [6.07, 6.45) is 1.09. The van der Waals surface area contributed by atoms with Crippen LogP contribution in [0, 0.1) is 0 Å². The topological polar surface area (TPSA) is 88.6 Å². The number of ether oxygens (including phenoxy) is 1. The number of hydrogen-bond acceptors (Lipinski definition) is 6. The summed E-state index contributed by atoms with van der Waals surface area (Å²) in [5.41, 5.74) is 3.00. The van der Waals surface area contributed by atoms with E-state index in [4.69, 9.17) is 4.74 Å². The molecule has 1 unspecified atom stereocenters. The lowest BCUT2D eigenvalue weighted by Gasteiger charge is -2.23. The Hall–Kier alpha value is -2.75. The highest BCUT2D eigenvalue weighted by atomic mass is 32.2. The molecule has 0 saturated carbocycles. The molecule has 0 radical (unpaired) electrons. The van der Waals surface area contributed by atoms with E-state index in [1.165, 1.54) is 40.4 Å². The minimum absolute atomic E-state index is 0.143. The number of sulfonamides is 1. The first kappa shape index (κ1) is 23.4. The number of benzene rings is 2. The van der Waals surface area contributed by atoms with Crippen molar-refractivity contribution in [1.29, 1.82) is 0 Å². The fraction of sp³-hybridized carbons (Fsp3) is 0.333. The van der Waals surface area contributed by atoms with Gasteiger partial charge in [0, 0.05) is 17.5 Å². The van der Waals surface area contributed by atoms with Crippen LogP contribution in [0.3, 0.4) is 0 Å². The highest BCUT2D eigenvalue weighted by molar-refractivity contribution is 7.89. The zero-order valence-corrected chi connectivity index (χ0v) is 20.4. The van der Waals surface area contributed by atoms with Gasteiger partial charge in [0.15, 0.2) is 5.13 Å². The number of carbonyl (C=O) groups is 1. The largest absolute Gasteiger partial charge is 0.497 e. The van der Waals surface area contributed by atoms with E-state index >= 15 is 0 Å². The summed E-state index contributed by atoms with van der Waals surface area (Å²) in [4.78, 5) is 17.7. The van der Waals surface area contributed by atoms with Gasteiger partial charge >= 0.3 is 0 Å². The molecule has 9 heteroatoms. The highest BCUT2D eigenvalue weighted by Gasteiger charge is 2.39. The number of thiazole rings is 1. The summed E-state index contributed by atoms with van der Waals surface area (Å²) < 4.78 is 32.7. The first-order chi connectivity index (χ1) is 15.8. The predicted molar refractivity (Wildman–Crippen MR) is 130 cm³/mol. The van der Waals surface area contributed by atoms with Crippen molar-refractivity contribution in [1.82, 2.24) is 9.29 Å². The minimum atomic E-state index is -3.80. The quantitative estimate of drug-likeness (QED) is 0.522. The molecule has 1 aliphatic rings. The van der Waals surface area contributed by atoms with Gasteiger partial charge < -0.3 is 10.1 Å². The van der Waals surface area contributed by atoms with Gasteiger partial charge in [-0.25, -0.2) is 13.4 Å². The predicted octanol–water partition coefficient (Wildman–Crippen LogP) is 4.73. The lowest BCUT2D eigenvalue weighted by molar-refractivity contribution is -0.119. The molecule has 4 rings (SSSR count). The zero-order chi connectivity index (χ0) is 23.6. The van der Waals surface area contributed by atoms with Gasteiger partial charge in [-0.1, -0.05) is 38.1 Å². The van der Waals surface area contributed by atoms with Crippen molar-refractivity contribution in [2.75, 3.05) is 19.0 Å². The summed E-state index contributed by atoms with van der Waals surface area (Å²) in [5, 5.41) is 5.16. The minimum Gasteiger partial charge on any atom is -0.497 e. The molecule has 0 aliphatic carbocycles. The molecular weight excluding hydrogens is 458 g/mol. The number of amides is 1. The van der Waals surface area contributed by atoms with Crippen LogP contribution in [0.5, 0.6) is 5.75 Å². The van der Waals surface area contributed by atoms with E-state index in [1.807, 2.05) is 17.5 Å². The molecule has 1 atom stereocenters. The van der Waals surface area contributed by atoms with Crippen molar-refractivity contribution >= 4 is 32.4 Å². The Balaban J connectivity index is 1.47. The summed E-state index contributed by atoms with van der Waals surface area (Å²) in [6.45, 7) is 4.59. The summed E-state index contributed by atoms with van der Waals surface area (Å²) in [6, 6.07) is 13.6. The second-order valence-electron chi connectivity index (χ2n) is 8.25. The molecule has 0 bridgehead atoms. The van der Waals surface area contributed by atoms with Crippen LogP contribution < -0.4 is 10.1 Å². The van der Waals surface area contributed by atoms with Crippen molar-refractivity contribution in [3.8, 4) is 17.0 Å². The normalized spacial score (nSPS) is 16.8. The summed E-state index contributed by atoms with van der Waals surface area (Å²) >= 11 is 1.33. The van der Waals surface area contributed by atoms with Gasteiger partial charge in [-0.05, 0) is 48.6 Å². The standard InChI is InChI=1S/C24H27N3O4S2/c1-16(2)17-6-8-18(9-7-17)21-15-32-24(25-21)26-23(28)22-5-4-14-27(22)33(29,30)20-12-10-19(31-3)11-13-20/h6-13,15-16,22H,4-5,14H2,1-3H3,(H,25,26,28). The number of carbonyl (C=O) groups excluding carboxylic acids is 1. The van der Waals surface area contributed by atoms with E-state index in [0.29, 0.717) is 36.2 Å². The monoisotopic (exact) mass is 485 g/mol. The Morgan fingerprint density at radius 3 is 2.48 bits per heavy atom. The van der Waals surface area contributed by atoms with E-state index in [2.05, 4.69) is 36.3 Å². The van der Waals surface area contributed by atoms with Crippen LogP contribution in [0.25, 0.3) is 11.3 Å². The zero-order valence-electron chi connectivity index (χ0n) is 18.8. The molecule has 174 valence electrons. The second-order valence-corrected chi connectivity index (χ2v) is 11.0. The van der Waals surface area contributed by atoms with Crippen LogP contribution in [-0.4, -0.2) is 43.3 Å². The van der Waals surface area contributed by atoms with E-state index in [1.54, 1.807) is 12.1 Å². The molecule has 1 aliphatic heterocycles. The number of hydrogen-bond donors (Lipinski definition) is 1. The van der Waals surface area contributed by atoms with E-state index in [9.17, 15) is 13.2 Å². The molecule has 1 fully saturated rings. The number of aromatic nitrogens is 1. The van der Waals surface area contributed by atoms with E-state index < -0.39 is 16.1 Å². The first-order valence-corrected chi connectivity index (χ1v) is 13.1. The van der Waals surface area contributed by atoms with Crippen LogP contribution in [0.4, 0.5) is 5.13 Å². The molecule has 1 N–H and O–H groups in total. The van der Waals surface area contributed by atoms with E-state index in [-0.39, 0.29) is 10.8 Å². The van der Waals surface area contributed by atoms with Crippen molar-refractivity contribution < 1.29 is 17.9 Å². The van der Waals surface area contributed by atoms with Crippen LogP contribution in [0.2, 0.25) is 0 Å². The lowest BCUT2D eigenvalue weighted by Crippen LogP contribution is -2.43. The number of anilines is 1. The van der Waals surface area contributed by atoms with Crippen LogP contribution in [0.15, 0.2) is 58.8 Å². The van der Waals surface area contributed by atoms with Gasteiger partial charge in [-0.3, -0.25) is 4.79 Å². The average Bonchev–Trinajstić information content (AvgIpc) is 3.49. The van der Waals surface area contributed by atoms with Crippen LogP contribution in [-0.2, 0) is 14.8 Å². The van der Waals surface area contributed by atoms with Crippen molar-refractivity contribution in [3.05, 3.63) is 59.5 Å². The smallest absolute Gasteiger partial charge is 0.244 e. The third-order valence-corrected chi connectivity index (χ3v) is 8.46. The number of nitrogens with one attached hydrogen (secondary N) is 1. The highest BCUT2D eigenvalue weighted by Crippen LogP contribution is 2.30. The molecule has 1 amide bonds. The summed E-state index contributed by atoms with van der Waals surface area (Å²) in [7, 11) is -2.28. The van der Waals surface area contributed by atoms with Gasteiger partial charge in [0.25, 0.3) is 0 Å². The van der Waals surface area contributed by atoms with Crippen LogP contribution in [0.1, 0.15) is 38.2 Å². The maximum absolute atomic E-state index is 13.2. The van der Waals surface area contributed by atoms with Crippen molar-refractivity contribution in [3.63, 3.8) is 0 Å². The average molecular weight is 486 g/mol. The lowest BCUT2D eigenvalue weighted by atomic mass is 10.0. The molecular formula is C24H27N3O4S2. The molecule has 1 aromatic heterocycles. The fourth-order valence-corrected chi connectivity index (χ4v) is 6.24. The SMILES string of the molecule is COc1ccc(S(=O)(=O)N2CCCC2C(=O)Nc2nc(-c3ccc(C(C)C)cc3)cs2)cc1. The number of rotatable bonds is 7. The fourth-order valence-electron chi connectivity index (χ4n) is 3.86. The van der Waals surface area contributed by atoms with Gasteiger partial charge in [0.1, 0.15) is 11.8 Å². The summed E-state index contributed by atoms with van der Waals surface area (Å²) in [5.74, 6) is 0.664. The Morgan fingerprint density at radius 2 is 1.85 bits per heavy atom. The Bertz CT molecular complexity index is 1220. The second kappa shape index (κ2) is 9.62.